The zero-order chi connectivity index (χ0) is 16.8. The Morgan fingerprint density at radius 1 is 0.783 bits per heavy atom. The molecule has 0 unspecified atom stereocenters. The molecule has 1 rings (SSSR count). The first-order valence-electron chi connectivity index (χ1n) is 10.1. The van der Waals surface area contributed by atoms with Crippen LogP contribution < -0.4 is 0 Å². The average Bonchev–Trinajstić information content (AvgIpc) is 3.12. The summed E-state index contributed by atoms with van der Waals surface area (Å²) in [6, 6.07) is 0. The third-order valence-electron chi connectivity index (χ3n) is 5.53. The van der Waals surface area contributed by atoms with Crippen molar-refractivity contribution in [2.45, 2.75) is 116 Å². The van der Waals surface area contributed by atoms with Crippen molar-refractivity contribution in [1.29, 1.82) is 0 Å². The monoisotopic (exact) mass is 321 g/mol. The Balaban J connectivity index is 2.07. The van der Waals surface area contributed by atoms with Gasteiger partial charge in [0.2, 0.25) is 0 Å². The van der Waals surface area contributed by atoms with Crippen molar-refractivity contribution in [2.75, 3.05) is 0 Å². The predicted molar refractivity (Wildman–Crippen MR) is 99.7 cm³/mol. The van der Waals surface area contributed by atoms with Crippen molar-refractivity contribution in [2.24, 2.45) is 0 Å². The SMILES string of the molecule is CCCCCCCCCCCCCC(CC)(CC)c1ncn[nH]1. The van der Waals surface area contributed by atoms with E-state index in [0.29, 0.717) is 0 Å². The third-order valence-corrected chi connectivity index (χ3v) is 5.53. The average molecular weight is 322 g/mol. The van der Waals surface area contributed by atoms with E-state index in [2.05, 4.69) is 36.0 Å². The molecule has 0 saturated heterocycles. The summed E-state index contributed by atoms with van der Waals surface area (Å²) < 4.78 is 0. The van der Waals surface area contributed by atoms with Crippen LogP contribution in [0.5, 0.6) is 0 Å². The van der Waals surface area contributed by atoms with E-state index in [4.69, 9.17) is 0 Å². The quantitative estimate of drug-likeness (QED) is 0.371. The number of aromatic amines is 1. The van der Waals surface area contributed by atoms with Gasteiger partial charge in [0.15, 0.2) is 0 Å². The van der Waals surface area contributed by atoms with Crippen LogP contribution in [0, 0.1) is 0 Å². The zero-order valence-electron chi connectivity index (χ0n) is 15.9. The van der Waals surface area contributed by atoms with E-state index in [1.807, 2.05) is 0 Å². The molecule has 0 saturated carbocycles. The second-order valence-electron chi connectivity index (χ2n) is 7.11. The maximum Gasteiger partial charge on any atom is 0.137 e. The Bertz CT molecular complexity index is 355. The fourth-order valence-electron chi connectivity index (χ4n) is 3.65. The minimum Gasteiger partial charge on any atom is -0.263 e. The van der Waals surface area contributed by atoms with Crippen LogP contribution in [-0.4, -0.2) is 15.2 Å². The van der Waals surface area contributed by atoms with Gasteiger partial charge in [-0.2, -0.15) is 5.10 Å². The number of nitrogens with zero attached hydrogens (tertiary/aromatic N) is 2. The number of rotatable bonds is 15. The number of hydrogen-bond acceptors (Lipinski definition) is 2. The summed E-state index contributed by atoms with van der Waals surface area (Å²) in [5, 5.41) is 7.16. The van der Waals surface area contributed by atoms with Crippen molar-refractivity contribution in [1.82, 2.24) is 15.2 Å². The van der Waals surface area contributed by atoms with Crippen LogP contribution >= 0.6 is 0 Å². The Hall–Kier alpha value is -0.860. The maximum absolute atomic E-state index is 4.43. The lowest BCUT2D eigenvalue weighted by molar-refractivity contribution is 0.330. The molecule has 1 aromatic rings. The van der Waals surface area contributed by atoms with Crippen molar-refractivity contribution in [3.63, 3.8) is 0 Å². The number of H-pyrrole nitrogens is 1. The van der Waals surface area contributed by atoms with E-state index in [0.717, 1.165) is 18.7 Å². The first-order valence-corrected chi connectivity index (χ1v) is 10.1. The van der Waals surface area contributed by atoms with Crippen LogP contribution in [-0.2, 0) is 5.41 Å². The fourth-order valence-corrected chi connectivity index (χ4v) is 3.65. The topological polar surface area (TPSA) is 41.6 Å². The highest BCUT2D eigenvalue weighted by molar-refractivity contribution is 5.05. The molecule has 0 aliphatic carbocycles. The molecule has 3 heteroatoms. The molecule has 134 valence electrons. The van der Waals surface area contributed by atoms with Crippen molar-refractivity contribution in [3.8, 4) is 0 Å². The lowest BCUT2D eigenvalue weighted by Crippen LogP contribution is -2.26. The molecule has 23 heavy (non-hydrogen) atoms. The molecule has 1 N–H and O–H groups in total. The molecule has 0 radical (unpaired) electrons. The zero-order valence-corrected chi connectivity index (χ0v) is 15.9. The van der Waals surface area contributed by atoms with Crippen molar-refractivity contribution < 1.29 is 0 Å². The third kappa shape index (κ3) is 7.50. The standard InChI is InChI=1S/C20H39N3/c1-4-7-8-9-10-11-12-13-14-15-16-17-20(5-2,6-3)19-21-18-22-23-19/h18H,4-17H2,1-3H3,(H,21,22,23). The van der Waals surface area contributed by atoms with Gasteiger partial charge in [0.1, 0.15) is 12.2 Å². The predicted octanol–water partition coefficient (Wildman–Crippen LogP) is 6.56. The molecule has 0 bridgehead atoms. The van der Waals surface area contributed by atoms with E-state index in [1.165, 1.54) is 77.0 Å². The summed E-state index contributed by atoms with van der Waals surface area (Å²) in [6.45, 7) is 6.85. The first-order chi connectivity index (χ1) is 11.3. The number of aromatic nitrogens is 3. The van der Waals surface area contributed by atoms with Gasteiger partial charge in [-0.25, -0.2) is 4.98 Å². The summed E-state index contributed by atoms with van der Waals surface area (Å²) in [5.74, 6) is 1.09. The second-order valence-corrected chi connectivity index (χ2v) is 7.11. The van der Waals surface area contributed by atoms with Crippen LogP contribution in [0.4, 0.5) is 0 Å². The largest absolute Gasteiger partial charge is 0.263 e. The molecule has 0 atom stereocenters. The van der Waals surface area contributed by atoms with Crippen LogP contribution in [0.15, 0.2) is 6.33 Å². The van der Waals surface area contributed by atoms with Gasteiger partial charge >= 0.3 is 0 Å². The van der Waals surface area contributed by atoms with E-state index < -0.39 is 0 Å². The number of nitrogens with one attached hydrogen (secondary N) is 1. The number of unbranched alkanes of at least 4 members (excludes halogenated alkanes) is 10. The summed E-state index contributed by atoms with van der Waals surface area (Å²) in [4.78, 5) is 4.43. The molecule has 0 aliphatic rings. The van der Waals surface area contributed by atoms with Gasteiger partial charge in [-0.15, -0.1) is 0 Å². The molecular formula is C20H39N3. The second kappa shape index (κ2) is 12.5. The van der Waals surface area contributed by atoms with Crippen LogP contribution in [0.3, 0.4) is 0 Å². The summed E-state index contributed by atoms with van der Waals surface area (Å²) in [5.41, 5.74) is 0.218. The van der Waals surface area contributed by atoms with Gasteiger partial charge in [-0.05, 0) is 19.3 Å². The smallest absolute Gasteiger partial charge is 0.137 e. The lowest BCUT2D eigenvalue weighted by atomic mass is 9.77. The van der Waals surface area contributed by atoms with Gasteiger partial charge < -0.3 is 0 Å². The Labute approximate surface area is 144 Å². The van der Waals surface area contributed by atoms with E-state index in [1.54, 1.807) is 6.33 Å². The fraction of sp³-hybridized carbons (Fsp3) is 0.900. The first kappa shape index (κ1) is 20.2. The molecule has 3 nitrogen and oxygen atoms in total. The van der Waals surface area contributed by atoms with Crippen LogP contribution in [0.1, 0.15) is 116 Å². The highest BCUT2D eigenvalue weighted by atomic mass is 15.2. The summed E-state index contributed by atoms with van der Waals surface area (Å²) in [6.07, 6.45) is 20.7. The minimum absolute atomic E-state index is 0.218. The Kier molecular flexibility index (Phi) is 11.0. The highest BCUT2D eigenvalue weighted by Gasteiger charge is 2.30. The number of hydrogen-bond donors (Lipinski definition) is 1. The summed E-state index contributed by atoms with van der Waals surface area (Å²) >= 11 is 0. The molecule has 1 heterocycles. The van der Waals surface area contributed by atoms with Gasteiger partial charge in [0.05, 0.1) is 0 Å². The molecule has 0 aromatic carbocycles. The van der Waals surface area contributed by atoms with E-state index in [9.17, 15) is 0 Å². The molecule has 1 aromatic heterocycles. The molecule has 0 fully saturated rings. The van der Waals surface area contributed by atoms with Gasteiger partial charge in [0, 0.05) is 5.41 Å². The normalized spacial score (nSPS) is 12.0. The van der Waals surface area contributed by atoms with Crippen LogP contribution in [0.2, 0.25) is 0 Å². The Morgan fingerprint density at radius 2 is 1.30 bits per heavy atom. The molecule has 0 spiro atoms. The molecule has 0 aliphatic heterocycles. The minimum atomic E-state index is 0.218. The van der Waals surface area contributed by atoms with Crippen molar-refractivity contribution in [3.05, 3.63) is 12.2 Å². The maximum atomic E-state index is 4.43. The van der Waals surface area contributed by atoms with Gasteiger partial charge in [-0.1, -0.05) is 91.4 Å². The van der Waals surface area contributed by atoms with Crippen molar-refractivity contribution >= 4 is 0 Å². The van der Waals surface area contributed by atoms with E-state index in [-0.39, 0.29) is 5.41 Å². The highest BCUT2D eigenvalue weighted by Crippen LogP contribution is 2.34. The molecular weight excluding hydrogens is 282 g/mol. The lowest BCUT2D eigenvalue weighted by Gasteiger charge is -2.29. The molecule has 0 amide bonds. The summed E-state index contributed by atoms with van der Waals surface area (Å²) in [7, 11) is 0. The van der Waals surface area contributed by atoms with Gasteiger partial charge in [-0.3, -0.25) is 5.10 Å². The van der Waals surface area contributed by atoms with Crippen LogP contribution in [0.25, 0.3) is 0 Å². The Morgan fingerprint density at radius 3 is 1.74 bits per heavy atom. The van der Waals surface area contributed by atoms with E-state index >= 15 is 0 Å². The van der Waals surface area contributed by atoms with Gasteiger partial charge in [0.25, 0.3) is 0 Å².